The van der Waals surface area contributed by atoms with Crippen molar-refractivity contribution in [1.29, 1.82) is 0 Å². The van der Waals surface area contributed by atoms with Gasteiger partial charge in [-0.3, -0.25) is 4.79 Å². The monoisotopic (exact) mass is 930 g/mol. The zero-order valence-electron chi connectivity index (χ0n) is 45.5. The van der Waals surface area contributed by atoms with E-state index in [-0.39, 0.29) is 12.5 Å². The summed E-state index contributed by atoms with van der Waals surface area (Å²) in [4.78, 5) is 12.5. The Morgan fingerprint density at radius 3 is 0.788 bits per heavy atom. The lowest BCUT2D eigenvalue weighted by atomic mass is 10.0. The Morgan fingerprint density at radius 1 is 0.348 bits per heavy atom. The van der Waals surface area contributed by atoms with Gasteiger partial charge in [0.25, 0.3) is 0 Å². The van der Waals surface area contributed by atoms with E-state index < -0.39 is 12.1 Å². The maximum absolute atomic E-state index is 12.5. The van der Waals surface area contributed by atoms with Crippen molar-refractivity contribution in [2.24, 2.45) is 0 Å². The molecular weight excluding hydrogens is 807 g/mol. The number of amides is 1. The van der Waals surface area contributed by atoms with Crippen LogP contribution in [0.2, 0.25) is 0 Å². The van der Waals surface area contributed by atoms with Crippen LogP contribution >= 0.6 is 0 Å². The van der Waals surface area contributed by atoms with Crippen LogP contribution in [-0.4, -0.2) is 34.9 Å². The first-order chi connectivity index (χ1) is 32.7. The summed E-state index contributed by atoms with van der Waals surface area (Å²) in [6.07, 6.45) is 76.9. The number of hydrogen-bond acceptors (Lipinski definition) is 3. The molecule has 0 rings (SSSR count). The molecule has 0 aliphatic heterocycles. The number of rotatable bonds is 58. The molecule has 3 N–H and O–H groups in total. The quantitative estimate of drug-likeness (QED) is 0.0420. The molecule has 2 atom stereocenters. The van der Waals surface area contributed by atoms with Crippen molar-refractivity contribution in [2.45, 2.75) is 373 Å². The van der Waals surface area contributed by atoms with Gasteiger partial charge in [-0.15, -0.1) is 0 Å². The Kier molecular flexibility index (Phi) is 57.7. The van der Waals surface area contributed by atoms with Gasteiger partial charge in [0.1, 0.15) is 0 Å². The van der Waals surface area contributed by atoms with E-state index in [1.54, 1.807) is 6.08 Å². The average Bonchev–Trinajstić information content (AvgIpc) is 3.32. The van der Waals surface area contributed by atoms with Gasteiger partial charge in [0.2, 0.25) is 5.91 Å². The molecule has 0 aromatic rings. The van der Waals surface area contributed by atoms with Crippen molar-refractivity contribution in [1.82, 2.24) is 5.32 Å². The Labute approximate surface area is 416 Å². The molecular formula is C62H123NO3. The van der Waals surface area contributed by atoms with Crippen molar-refractivity contribution >= 4 is 5.91 Å². The Bertz CT molecular complexity index is 921. The van der Waals surface area contributed by atoms with Gasteiger partial charge in [-0.25, -0.2) is 0 Å². The Morgan fingerprint density at radius 2 is 0.561 bits per heavy atom. The number of allylic oxidation sites excluding steroid dienone is 1. The normalized spacial score (nSPS) is 12.7. The molecule has 1 amide bonds. The van der Waals surface area contributed by atoms with Gasteiger partial charge in [-0.1, -0.05) is 347 Å². The van der Waals surface area contributed by atoms with Crippen LogP contribution < -0.4 is 5.32 Å². The number of unbranched alkanes of at least 4 members (excludes halogenated alkanes) is 51. The van der Waals surface area contributed by atoms with Crippen molar-refractivity contribution in [3.05, 3.63) is 12.2 Å². The summed E-state index contributed by atoms with van der Waals surface area (Å²) in [5, 5.41) is 23.2. The highest BCUT2D eigenvalue weighted by atomic mass is 16.3. The molecule has 0 radical (unpaired) electrons. The fourth-order valence-electron chi connectivity index (χ4n) is 10.1. The summed E-state index contributed by atoms with van der Waals surface area (Å²) in [5.74, 6) is -0.0544. The van der Waals surface area contributed by atoms with E-state index in [0.29, 0.717) is 6.42 Å². The molecule has 0 aliphatic carbocycles. The first-order valence-corrected chi connectivity index (χ1v) is 30.9. The third-order valence-corrected chi connectivity index (χ3v) is 14.8. The lowest BCUT2D eigenvalue weighted by Gasteiger charge is -2.20. The standard InChI is InChI=1S/C62H123NO3/c1-3-5-7-9-11-13-15-17-19-21-23-25-27-28-29-30-31-32-33-34-36-38-40-42-44-46-48-50-52-54-56-58-62(66)63-60(59-64)61(65)57-55-53-51-49-47-45-43-41-39-37-35-26-24-22-20-18-16-14-12-10-8-6-4-2/h55,57,60-61,64-65H,3-54,56,58-59H2,1-2H3,(H,63,66)/b57-55+. The molecule has 4 heteroatoms. The van der Waals surface area contributed by atoms with E-state index in [1.165, 1.54) is 315 Å². The second-order valence-electron chi connectivity index (χ2n) is 21.5. The van der Waals surface area contributed by atoms with Crippen LogP contribution in [0.5, 0.6) is 0 Å². The second kappa shape index (κ2) is 58.4. The molecule has 0 aliphatic rings. The summed E-state index contributed by atoms with van der Waals surface area (Å²) in [7, 11) is 0. The third kappa shape index (κ3) is 54.1. The molecule has 394 valence electrons. The predicted octanol–water partition coefficient (Wildman–Crippen LogP) is 20.5. The number of hydrogen-bond donors (Lipinski definition) is 3. The summed E-state index contributed by atoms with van der Waals surface area (Å²) >= 11 is 0. The Hall–Kier alpha value is -0.870. The minimum atomic E-state index is -0.836. The first-order valence-electron chi connectivity index (χ1n) is 30.9. The number of aliphatic hydroxyl groups excluding tert-OH is 2. The largest absolute Gasteiger partial charge is 0.394 e. The highest BCUT2D eigenvalue weighted by Gasteiger charge is 2.18. The van der Waals surface area contributed by atoms with E-state index in [4.69, 9.17) is 0 Å². The van der Waals surface area contributed by atoms with Gasteiger partial charge < -0.3 is 15.5 Å². The highest BCUT2D eigenvalue weighted by molar-refractivity contribution is 5.76. The smallest absolute Gasteiger partial charge is 0.220 e. The molecule has 0 saturated heterocycles. The second-order valence-corrected chi connectivity index (χ2v) is 21.5. The molecule has 66 heavy (non-hydrogen) atoms. The first kappa shape index (κ1) is 65.1. The van der Waals surface area contributed by atoms with Gasteiger partial charge in [-0.05, 0) is 19.3 Å². The van der Waals surface area contributed by atoms with Crippen LogP contribution in [0, 0.1) is 0 Å². The number of nitrogens with one attached hydrogen (secondary N) is 1. The summed E-state index contributed by atoms with van der Waals surface area (Å²) in [6, 6.07) is -0.619. The topological polar surface area (TPSA) is 69.6 Å². The molecule has 0 saturated carbocycles. The zero-order chi connectivity index (χ0) is 47.7. The van der Waals surface area contributed by atoms with E-state index in [0.717, 1.165) is 25.7 Å². The summed E-state index contributed by atoms with van der Waals surface area (Å²) < 4.78 is 0. The summed E-state index contributed by atoms with van der Waals surface area (Å²) in [6.45, 7) is 4.36. The van der Waals surface area contributed by atoms with Crippen molar-refractivity contribution in [3.63, 3.8) is 0 Å². The van der Waals surface area contributed by atoms with E-state index >= 15 is 0 Å². The van der Waals surface area contributed by atoms with Gasteiger partial charge >= 0.3 is 0 Å². The van der Waals surface area contributed by atoms with E-state index in [2.05, 4.69) is 19.2 Å². The number of carbonyl (C=O) groups is 1. The fourth-order valence-corrected chi connectivity index (χ4v) is 10.1. The minimum Gasteiger partial charge on any atom is -0.394 e. The van der Waals surface area contributed by atoms with Crippen molar-refractivity contribution in [2.75, 3.05) is 6.61 Å². The molecule has 0 aromatic carbocycles. The third-order valence-electron chi connectivity index (χ3n) is 14.8. The molecule has 0 aromatic heterocycles. The molecule has 4 nitrogen and oxygen atoms in total. The van der Waals surface area contributed by atoms with Crippen LogP contribution in [0.25, 0.3) is 0 Å². The Balaban J connectivity index is 3.41. The summed E-state index contributed by atoms with van der Waals surface area (Å²) in [5.41, 5.74) is 0. The fraction of sp³-hybridized carbons (Fsp3) is 0.952. The van der Waals surface area contributed by atoms with Crippen molar-refractivity contribution in [3.8, 4) is 0 Å². The molecule has 0 fully saturated rings. The lowest BCUT2D eigenvalue weighted by Crippen LogP contribution is -2.45. The van der Waals surface area contributed by atoms with Crippen LogP contribution in [0.4, 0.5) is 0 Å². The predicted molar refractivity (Wildman–Crippen MR) is 295 cm³/mol. The van der Waals surface area contributed by atoms with Crippen LogP contribution in [-0.2, 0) is 4.79 Å². The van der Waals surface area contributed by atoms with Gasteiger partial charge in [-0.2, -0.15) is 0 Å². The van der Waals surface area contributed by atoms with Gasteiger partial charge in [0, 0.05) is 6.42 Å². The van der Waals surface area contributed by atoms with Crippen molar-refractivity contribution < 1.29 is 15.0 Å². The van der Waals surface area contributed by atoms with Crippen LogP contribution in [0.1, 0.15) is 361 Å². The molecule has 0 heterocycles. The van der Waals surface area contributed by atoms with Gasteiger partial charge in [0.05, 0.1) is 18.8 Å². The van der Waals surface area contributed by atoms with E-state index in [9.17, 15) is 15.0 Å². The number of aliphatic hydroxyl groups is 2. The SMILES string of the molecule is CCCCCCCCCCCCCCCCCCCCCCC/C=C/C(O)C(CO)NC(=O)CCCCCCCCCCCCCCCCCCCCCCCCCCCCCCCCC. The lowest BCUT2D eigenvalue weighted by molar-refractivity contribution is -0.123. The van der Waals surface area contributed by atoms with Crippen LogP contribution in [0.15, 0.2) is 12.2 Å². The number of carbonyl (C=O) groups excluding carboxylic acids is 1. The molecule has 2 unspecified atom stereocenters. The van der Waals surface area contributed by atoms with Gasteiger partial charge in [0.15, 0.2) is 0 Å². The molecule has 0 bridgehead atoms. The minimum absolute atomic E-state index is 0.0544. The average molecular weight is 931 g/mol. The molecule has 0 spiro atoms. The maximum Gasteiger partial charge on any atom is 0.220 e. The highest BCUT2D eigenvalue weighted by Crippen LogP contribution is 2.19. The zero-order valence-corrected chi connectivity index (χ0v) is 45.5. The maximum atomic E-state index is 12.5. The van der Waals surface area contributed by atoms with E-state index in [1.807, 2.05) is 6.08 Å². The van der Waals surface area contributed by atoms with Crippen LogP contribution in [0.3, 0.4) is 0 Å².